The third-order valence-corrected chi connectivity index (χ3v) is 2.72. The number of hydrogen-bond donors (Lipinski definition) is 0. The van der Waals surface area contributed by atoms with Crippen molar-refractivity contribution in [3.05, 3.63) is 29.8 Å². The lowest BCUT2D eigenvalue weighted by atomic mass is 10.2. The Labute approximate surface area is 90.5 Å². The van der Waals surface area contributed by atoms with Crippen LogP contribution in [0.1, 0.15) is 5.56 Å². The highest BCUT2D eigenvalue weighted by Gasteiger charge is 2.08. The van der Waals surface area contributed by atoms with Crippen molar-refractivity contribution in [2.24, 2.45) is 0 Å². The molecule has 0 aliphatic carbocycles. The standard InChI is InChI=1S/C10H15NO3S/c1-11(2,3)8-9-4-6-10(7-5-9)15(12,13)14/h4-7H,8H2,1-3H3. The second-order valence-corrected chi connectivity index (χ2v) is 5.93. The Morgan fingerprint density at radius 2 is 1.60 bits per heavy atom. The number of benzene rings is 1. The fourth-order valence-electron chi connectivity index (χ4n) is 1.31. The monoisotopic (exact) mass is 229 g/mol. The van der Waals surface area contributed by atoms with Crippen LogP contribution in [0, 0.1) is 0 Å². The maximum absolute atomic E-state index is 10.7. The fraction of sp³-hybridized carbons (Fsp3) is 0.400. The van der Waals surface area contributed by atoms with E-state index in [9.17, 15) is 13.0 Å². The molecule has 0 fully saturated rings. The molecule has 0 saturated carbocycles. The van der Waals surface area contributed by atoms with Crippen LogP contribution in [-0.2, 0) is 16.7 Å². The van der Waals surface area contributed by atoms with Gasteiger partial charge in [-0.3, -0.25) is 0 Å². The van der Waals surface area contributed by atoms with Gasteiger partial charge in [0.2, 0.25) is 0 Å². The van der Waals surface area contributed by atoms with Crippen molar-refractivity contribution in [1.82, 2.24) is 0 Å². The molecule has 1 aromatic carbocycles. The predicted molar refractivity (Wildman–Crippen MR) is 56.1 cm³/mol. The highest BCUT2D eigenvalue weighted by atomic mass is 32.2. The SMILES string of the molecule is C[N+](C)(C)Cc1ccc(S(=O)(=O)[O-])cc1. The minimum atomic E-state index is -4.32. The molecule has 0 aromatic heterocycles. The zero-order valence-corrected chi connectivity index (χ0v) is 9.91. The first-order valence-corrected chi connectivity index (χ1v) is 5.95. The van der Waals surface area contributed by atoms with Gasteiger partial charge < -0.3 is 9.04 Å². The van der Waals surface area contributed by atoms with Crippen molar-refractivity contribution >= 4 is 10.1 Å². The van der Waals surface area contributed by atoms with Crippen molar-refractivity contribution in [2.75, 3.05) is 21.1 Å². The summed E-state index contributed by atoms with van der Waals surface area (Å²) in [4.78, 5) is -0.173. The molecule has 0 N–H and O–H groups in total. The van der Waals surface area contributed by atoms with Gasteiger partial charge in [0, 0.05) is 5.56 Å². The fourth-order valence-corrected chi connectivity index (χ4v) is 1.78. The van der Waals surface area contributed by atoms with Gasteiger partial charge in [-0.2, -0.15) is 0 Å². The maximum Gasteiger partial charge on any atom is 0.124 e. The van der Waals surface area contributed by atoms with Gasteiger partial charge >= 0.3 is 0 Å². The van der Waals surface area contributed by atoms with Crippen LogP contribution in [0.4, 0.5) is 0 Å². The van der Waals surface area contributed by atoms with Gasteiger partial charge in [-0.15, -0.1) is 0 Å². The first-order valence-electron chi connectivity index (χ1n) is 4.54. The van der Waals surface area contributed by atoms with E-state index in [0.717, 1.165) is 16.6 Å². The summed E-state index contributed by atoms with van der Waals surface area (Å²) < 4.78 is 32.8. The van der Waals surface area contributed by atoms with Crippen LogP contribution in [0.15, 0.2) is 29.2 Å². The summed E-state index contributed by atoms with van der Waals surface area (Å²) in [5, 5.41) is 0. The number of quaternary nitrogens is 1. The minimum Gasteiger partial charge on any atom is -0.744 e. The second-order valence-electron chi connectivity index (χ2n) is 4.55. The van der Waals surface area contributed by atoms with Crippen molar-refractivity contribution in [3.63, 3.8) is 0 Å². The van der Waals surface area contributed by atoms with E-state index in [0.29, 0.717) is 0 Å². The number of nitrogens with zero attached hydrogens (tertiary/aromatic N) is 1. The molecule has 0 unspecified atom stereocenters. The van der Waals surface area contributed by atoms with Crippen molar-refractivity contribution < 1.29 is 17.5 Å². The van der Waals surface area contributed by atoms with Gasteiger partial charge in [0.05, 0.1) is 26.0 Å². The lowest BCUT2D eigenvalue weighted by Crippen LogP contribution is -2.33. The molecule has 84 valence electrons. The lowest BCUT2D eigenvalue weighted by Gasteiger charge is -2.24. The summed E-state index contributed by atoms with van der Waals surface area (Å²) >= 11 is 0. The lowest BCUT2D eigenvalue weighted by molar-refractivity contribution is -0.884. The molecular weight excluding hydrogens is 214 g/mol. The Morgan fingerprint density at radius 3 is 1.93 bits per heavy atom. The predicted octanol–water partition coefficient (Wildman–Crippen LogP) is 0.797. The van der Waals surface area contributed by atoms with E-state index >= 15 is 0 Å². The van der Waals surface area contributed by atoms with E-state index in [1.807, 2.05) is 21.1 Å². The second kappa shape index (κ2) is 3.92. The molecule has 5 heteroatoms. The summed E-state index contributed by atoms with van der Waals surface area (Å²) in [6, 6.07) is 6.06. The Kier molecular flexibility index (Phi) is 3.18. The van der Waals surface area contributed by atoms with E-state index in [-0.39, 0.29) is 4.90 Å². The molecule has 0 spiro atoms. The van der Waals surface area contributed by atoms with E-state index in [4.69, 9.17) is 0 Å². The molecule has 1 rings (SSSR count). The molecule has 0 aliphatic rings. The average Bonchev–Trinajstić information content (AvgIpc) is 2.00. The number of hydrogen-bond acceptors (Lipinski definition) is 3. The van der Waals surface area contributed by atoms with Crippen LogP contribution in [0.25, 0.3) is 0 Å². The van der Waals surface area contributed by atoms with Crippen molar-refractivity contribution in [1.29, 1.82) is 0 Å². The summed E-state index contributed by atoms with van der Waals surface area (Å²) in [5.74, 6) is 0. The van der Waals surface area contributed by atoms with Crippen molar-refractivity contribution in [2.45, 2.75) is 11.4 Å². The van der Waals surface area contributed by atoms with E-state index < -0.39 is 10.1 Å². The average molecular weight is 229 g/mol. The quantitative estimate of drug-likeness (QED) is 0.569. The van der Waals surface area contributed by atoms with E-state index in [2.05, 4.69) is 0 Å². The third-order valence-electron chi connectivity index (χ3n) is 1.87. The Bertz CT molecular complexity index is 429. The van der Waals surface area contributed by atoms with Gasteiger partial charge in [-0.1, -0.05) is 12.1 Å². The van der Waals surface area contributed by atoms with Gasteiger partial charge in [0.15, 0.2) is 0 Å². The van der Waals surface area contributed by atoms with Crippen LogP contribution in [-0.4, -0.2) is 38.6 Å². The molecule has 15 heavy (non-hydrogen) atoms. The zero-order chi connectivity index (χ0) is 11.7. The van der Waals surface area contributed by atoms with E-state index in [1.165, 1.54) is 12.1 Å². The zero-order valence-electron chi connectivity index (χ0n) is 9.10. The molecule has 0 aliphatic heterocycles. The smallest absolute Gasteiger partial charge is 0.124 e. The topological polar surface area (TPSA) is 57.2 Å². The summed E-state index contributed by atoms with van der Waals surface area (Å²) in [7, 11) is 1.80. The normalized spacial score (nSPS) is 12.8. The van der Waals surface area contributed by atoms with Crippen LogP contribution < -0.4 is 0 Å². The number of rotatable bonds is 3. The first-order chi connectivity index (χ1) is 6.68. The van der Waals surface area contributed by atoms with Crippen LogP contribution in [0.5, 0.6) is 0 Å². The molecule has 1 aromatic rings. The first kappa shape index (κ1) is 12.2. The molecule has 4 nitrogen and oxygen atoms in total. The highest BCUT2D eigenvalue weighted by molar-refractivity contribution is 7.85. The van der Waals surface area contributed by atoms with Gasteiger partial charge in [0.1, 0.15) is 16.7 Å². The highest BCUT2D eigenvalue weighted by Crippen LogP contribution is 2.12. The summed E-state index contributed by atoms with van der Waals surface area (Å²) in [6.07, 6.45) is 0. The van der Waals surface area contributed by atoms with E-state index in [1.54, 1.807) is 12.1 Å². The summed E-state index contributed by atoms with van der Waals surface area (Å²) in [6.45, 7) is 0.791. The Morgan fingerprint density at radius 1 is 1.13 bits per heavy atom. The van der Waals surface area contributed by atoms with Crippen LogP contribution >= 0.6 is 0 Å². The van der Waals surface area contributed by atoms with Crippen LogP contribution in [0.3, 0.4) is 0 Å². The largest absolute Gasteiger partial charge is 0.744 e. The van der Waals surface area contributed by atoms with Gasteiger partial charge in [-0.25, -0.2) is 8.42 Å². The molecule has 0 heterocycles. The molecular formula is C10H15NO3S. The molecule has 0 atom stereocenters. The molecule has 0 saturated heterocycles. The Hall–Kier alpha value is -0.910. The van der Waals surface area contributed by atoms with Gasteiger partial charge in [0.25, 0.3) is 0 Å². The molecule has 0 bridgehead atoms. The molecule has 0 radical (unpaired) electrons. The maximum atomic E-state index is 10.7. The summed E-state index contributed by atoms with van der Waals surface area (Å²) in [5.41, 5.74) is 1.01. The minimum absolute atomic E-state index is 0.173. The third kappa shape index (κ3) is 3.99. The molecule has 0 amide bonds. The van der Waals surface area contributed by atoms with Crippen molar-refractivity contribution in [3.8, 4) is 0 Å². The Balaban J connectivity index is 2.92. The van der Waals surface area contributed by atoms with Crippen LogP contribution in [0.2, 0.25) is 0 Å². The van der Waals surface area contributed by atoms with Gasteiger partial charge in [-0.05, 0) is 12.1 Å².